The maximum atomic E-state index is 12.0. The Morgan fingerprint density at radius 1 is 1.50 bits per heavy atom. The number of carbonyl (C=O) groups is 1. The van der Waals surface area contributed by atoms with Crippen molar-refractivity contribution in [3.05, 3.63) is 23.2 Å². The van der Waals surface area contributed by atoms with Crippen molar-refractivity contribution in [3.63, 3.8) is 0 Å². The first kappa shape index (κ1) is 15.1. The number of hydrogen-bond acceptors (Lipinski definition) is 3. The van der Waals surface area contributed by atoms with E-state index in [1.807, 2.05) is 0 Å². The lowest BCUT2D eigenvalue weighted by atomic mass is 10.0. The number of nitrogens with two attached hydrogens (primary N) is 1. The Hall–Kier alpha value is -1.26. The molecular weight excluding hydrogens is 274 g/mol. The molecule has 1 aliphatic rings. The van der Waals surface area contributed by atoms with Gasteiger partial charge >= 0.3 is 0 Å². The average molecular weight is 296 g/mol. The van der Waals surface area contributed by atoms with E-state index < -0.39 is 0 Å². The molecule has 1 aromatic carbocycles. The lowest BCUT2D eigenvalue weighted by Gasteiger charge is -2.33. The van der Waals surface area contributed by atoms with Crippen LogP contribution in [0.25, 0.3) is 0 Å². The topological polar surface area (TPSA) is 58.4 Å². The summed E-state index contributed by atoms with van der Waals surface area (Å²) < 4.78 is 0. The molecule has 4 nitrogen and oxygen atoms in total. The number of anilines is 2. The molecule has 1 aromatic rings. The molecule has 1 atom stereocenters. The zero-order chi connectivity index (χ0) is 14.5. The number of rotatable bonds is 4. The molecule has 3 N–H and O–H groups in total. The molecule has 1 amide bonds. The number of benzene rings is 1. The minimum atomic E-state index is -0.0169. The maximum absolute atomic E-state index is 12.0. The molecule has 1 unspecified atom stereocenters. The van der Waals surface area contributed by atoms with Crippen molar-refractivity contribution < 1.29 is 4.79 Å². The smallest absolute Gasteiger partial charge is 0.225 e. The molecule has 110 valence electrons. The van der Waals surface area contributed by atoms with Gasteiger partial charge in [0.25, 0.3) is 0 Å². The average Bonchev–Trinajstić information content (AvgIpc) is 2.42. The van der Waals surface area contributed by atoms with Gasteiger partial charge in [0.05, 0.1) is 11.4 Å². The SMILES string of the molecule is CC1CCCCN1CCC(=O)Nc1cc(Cl)ccc1N. The Bertz CT molecular complexity index is 478. The van der Waals surface area contributed by atoms with Crippen molar-refractivity contribution in [2.45, 2.75) is 38.6 Å². The van der Waals surface area contributed by atoms with Crippen LogP contribution in [0.4, 0.5) is 11.4 Å². The van der Waals surface area contributed by atoms with Gasteiger partial charge < -0.3 is 16.0 Å². The van der Waals surface area contributed by atoms with Gasteiger partial charge in [0.15, 0.2) is 0 Å². The molecule has 1 saturated heterocycles. The zero-order valence-electron chi connectivity index (χ0n) is 11.9. The Balaban J connectivity index is 1.84. The van der Waals surface area contributed by atoms with Crippen LogP contribution < -0.4 is 11.1 Å². The fourth-order valence-corrected chi connectivity index (χ4v) is 2.76. The number of carbonyl (C=O) groups excluding carboxylic acids is 1. The first-order valence-electron chi connectivity index (χ1n) is 7.15. The third-order valence-corrected chi connectivity index (χ3v) is 4.09. The fourth-order valence-electron chi connectivity index (χ4n) is 2.58. The number of hydrogen-bond donors (Lipinski definition) is 2. The number of likely N-dealkylation sites (tertiary alicyclic amines) is 1. The van der Waals surface area contributed by atoms with E-state index in [1.165, 1.54) is 19.3 Å². The van der Waals surface area contributed by atoms with Crippen LogP contribution in [0, 0.1) is 0 Å². The summed E-state index contributed by atoms with van der Waals surface area (Å²) in [6, 6.07) is 5.66. The van der Waals surface area contributed by atoms with Crippen molar-refractivity contribution in [3.8, 4) is 0 Å². The van der Waals surface area contributed by atoms with E-state index in [-0.39, 0.29) is 5.91 Å². The van der Waals surface area contributed by atoms with Crippen LogP contribution in [0.3, 0.4) is 0 Å². The summed E-state index contributed by atoms with van der Waals surface area (Å²) in [6.45, 7) is 4.12. The summed E-state index contributed by atoms with van der Waals surface area (Å²) in [5.41, 5.74) is 6.94. The number of nitrogens with zero attached hydrogens (tertiary/aromatic N) is 1. The number of piperidine rings is 1. The van der Waals surface area contributed by atoms with Gasteiger partial charge in [-0.05, 0) is 44.5 Å². The molecule has 0 aromatic heterocycles. The molecule has 0 bridgehead atoms. The standard InChI is InChI=1S/C15H22ClN3O/c1-11-4-2-3-8-19(11)9-7-15(20)18-14-10-12(16)5-6-13(14)17/h5-6,10-11H,2-4,7-9,17H2,1H3,(H,18,20). The van der Waals surface area contributed by atoms with Gasteiger partial charge in [0, 0.05) is 24.0 Å². The van der Waals surface area contributed by atoms with E-state index in [4.69, 9.17) is 17.3 Å². The summed E-state index contributed by atoms with van der Waals surface area (Å²) in [6.07, 6.45) is 4.23. The molecule has 5 heteroatoms. The van der Waals surface area contributed by atoms with Gasteiger partial charge in [-0.1, -0.05) is 18.0 Å². The molecule has 0 spiro atoms. The lowest BCUT2D eigenvalue weighted by molar-refractivity contribution is -0.116. The van der Waals surface area contributed by atoms with Crippen LogP contribution in [-0.2, 0) is 4.79 Å². The second-order valence-corrected chi connectivity index (χ2v) is 5.85. The van der Waals surface area contributed by atoms with Crippen LogP contribution in [-0.4, -0.2) is 29.9 Å². The van der Waals surface area contributed by atoms with Crippen LogP contribution in [0.5, 0.6) is 0 Å². The monoisotopic (exact) mass is 295 g/mol. The van der Waals surface area contributed by atoms with Crippen LogP contribution in [0.15, 0.2) is 18.2 Å². The van der Waals surface area contributed by atoms with E-state index in [9.17, 15) is 4.79 Å². The summed E-state index contributed by atoms with van der Waals surface area (Å²) in [7, 11) is 0. The Kier molecular flexibility index (Phi) is 5.26. The largest absolute Gasteiger partial charge is 0.397 e. The predicted octanol–water partition coefficient (Wildman–Crippen LogP) is 3.13. The zero-order valence-corrected chi connectivity index (χ0v) is 12.6. The third-order valence-electron chi connectivity index (χ3n) is 3.86. The molecule has 0 saturated carbocycles. The number of amides is 1. The highest BCUT2D eigenvalue weighted by Gasteiger charge is 2.18. The molecular formula is C15H22ClN3O. The number of halogens is 1. The maximum Gasteiger partial charge on any atom is 0.225 e. The van der Waals surface area contributed by atoms with Gasteiger partial charge in [-0.3, -0.25) is 4.79 Å². The summed E-state index contributed by atoms with van der Waals surface area (Å²) in [5.74, 6) is -0.0169. The van der Waals surface area contributed by atoms with Crippen LogP contribution in [0.2, 0.25) is 5.02 Å². The molecule has 1 aliphatic heterocycles. The van der Waals surface area contributed by atoms with E-state index in [0.717, 1.165) is 13.1 Å². The third kappa shape index (κ3) is 4.12. The first-order chi connectivity index (χ1) is 9.56. The highest BCUT2D eigenvalue weighted by Crippen LogP contribution is 2.23. The molecule has 1 heterocycles. The molecule has 20 heavy (non-hydrogen) atoms. The van der Waals surface area contributed by atoms with Crippen LogP contribution >= 0.6 is 11.6 Å². The van der Waals surface area contributed by atoms with Crippen molar-refractivity contribution in [2.75, 3.05) is 24.1 Å². The van der Waals surface area contributed by atoms with Gasteiger partial charge in [-0.2, -0.15) is 0 Å². The highest BCUT2D eigenvalue weighted by atomic mass is 35.5. The first-order valence-corrected chi connectivity index (χ1v) is 7.53. The molecule has 1 fully saturated rings. The minimum absolute atomic E-state index is 0.0169. The van der Waals surface area contributed by atoms with Crippen molar-refractivity contribution in [2.24, 2.45) is 0 Å². The highest BCUT2D eigenvalue weighted by molar-refractivity contribution is 6.31. The van der Waals surface area contributed by atoms with E-state index in [0.29, 0.717) is 28.9 Å². The second kappa shape index (κ2) is 6.95. The minimum Gasteiger partial charge on any atom is -0.397 e. The molecule has 0 aliphatic carbocycles. The van der Waals surface area contributed by atoms with E-state index in [2.05, 4.69) is 17.1 Å². The van der Waals surface area contributed by atoms with Gasteiger partial charge in [-0.25, -0.2) is 0 Å². The Labute approximate surface area is 125 Å². The summed E-state index contributed by atoms with van der Waals surface area (Å²) in [5, 5.41) is 3.40. The van der Waals surface area contributed by atoms with Crippen molar-refractivity contribution in [1.82, 2.24) is 4.90 Å². The summed E-state index contributed by atoms with van der Waals surface area (Å²) in [4.78, 5) is 14.4. The second-order valence-electron chi connectivity index (χ2n) is 5.41. The van der Waals surface area contributed by atoms with Gasteiger partial charge in [0.2, 0.25) is 5.91 Å². The fraction of sp³-hybridized carbons (Fsp3) is 0.533. The Morgan fingerprint density at radius 3 is 3.05 bits per heavy atom. The van der Waals surface area contributed by atoms with E-state index >= 15 is 0 Å². The summed E-state index contributed by atoms with van der Waals surface area (Å²) >= 11 is 5.90. The van der Waals surface area contributed by atoms with Crippen LogP contribution in [0.1, 0.15) is 32.6 Å². The number of nitrogens with one attached hydrogen (secondary N) is 1. The molecule has 0 radical (unpaired) electrons. The quantitative estimate of drug-likeness (QED) is 0.839. The van der Waals surface area contributed by atoms with Gasteiger partial charge in [-0.15, -0.1) is 0 Å². The number of nitrogen functional groups attached to an aromatic ring is 1. The van der Waals surface area contributed by atoms with E-state index in [1.54, 1.807) is 18.2 Å². The van der Waals surface area contributed by atoms with Crippen molar-refractivity contribution >= 4 is 28.9 Å². The predicted molar refractivity (Wildman–Crippen MR) is 84.0 cm³/mol. The molecule has 2 rings (SSSR count). The Morgan fingerprint density at radius 2 is 2.30 bits per heavy atom. The van der Waals surface area contributed by atoms with Gasteiger partial charge in [0.1, 0.15) is 0 Å². The lowest BCUT2D eigenvalue weighted by Crippen LogP contribution is -2.39. The normalized spacial score (nSPS) is 19.8. The van der Waals surface area contributed by atoms with Crippen molar-refractivity contribution in [1.29, 1.82) is 0 Å².